The van der Waals surface area contributed by atoms with Crippen LogP contribution in [0, 0.1) is 30.9 Å². The Kier molecular flexibility index (Phi) is 4.76. The Bertz CT molecular complexity index is 1020. The fourth-order valence-corrected chi connectivity index (χ4v) is 3.03. The van der Waals surface area contributed by atoms with Crippen molar-refractivity contribution in [2.75, 3.05) is 23.8 Å². The van der Waals surface area contributed by atoms with Crippen molar-refractivity contribution < 1.29 is 9.72 Å². The number of carbonyl (C=O) groups excluding carboxylic acids is 1. The lowest BCUT2D eigenvalue weighted by Gasteiger charge is -2.18. The van der Waals surface area contributed by atoms with Crippen LogP contribution < -0.4 is 10.2 Å². The first-order chi connectivity index (χ1) is 12.8. The summed E-state index contributed by atoms with van der Waals surface area (Å²) in [7, 11) is 1.70. The minimum Gasteiger partial charge on any atom is -0.358 e. The van der Waals surface area contributed by atoms with Gasteiger partial charge >= 0.3 is 5.82 Å². The summed E-state index contributed by atoms with van der Waals surface area (Å²) in [6.07, 6.45) is 1.15. The molecule has 0 atom stereocenters. The lowest BCUT2D eigenvalue weighted by molar-refractivity contribution is -0.391. The molecule has 3 aromatic rings. The van der Waals surface area contributed by atoms with E-state index in [1.807, 2.05) is 32.9 Å². The van der Waals surface area contributed by atoms with E-state index in [1.54, 1.807) is 24.1 Å². The van der Waals surface area contributed by atoms with Gasteiger partial charge in [-0.2, -0.15) is 0 Å². The van der Waals surface area contributed by atoms with Crippen LogP contribution in [0.3, 0.4) is 0 Å². The highest BCUT2D eigenvalue weighted by molar-refractivity contribution is 5.95. The number of aryl methyl sites for hydroxylation is 3. The summed E-state index contributed by atoms with van der Waals surface area (Å²) in [5.74, 6) is 0.00119. The molecule has 2 aromatic heterocycles. The Balaban J connectivity index is 1.78. The molecule has 9 nitrogen and oxygen atoms in total. The number of imidazole rings is 1. The highest BCUT2D eigenvalue weighted by atomic mass is 16.6. The molecule has 0 aliphatic rings. The summed E-state index contributed by atoms with van der Waals surface area (Å²) in [4.78, 5) is 28.5. The van der Waals surface area contributed by atoms with E-state index >= 15 is 0 Å². The van der Waals surface area contributed by atoms with Crippen molar-refractivity contribution in [3.63, 3.8) is 0 Å². The molecule has 1 aromatic carbocycles. The molecule has 0 radical (unpaired) electrons. The predicted molar refractivity (Wildman–Crippen MR) is 102 cm³/mol. The second-order valence-corrected chi connectivity index (χ2v) is 6.51. The number of fused-ring (bicyclic) bond motifs is 1. The number of nitrogens with zero attached hydrogens (tertiary/aromatic N) is 5. The van der Waals surface area contributed by atoms with Crippen molar-refractivity contribution in [3.05, 3.63) is 57.3 Å². The fourth-order valence-electron chi connectivity index (χ4n) is 3.03. The van der Waals surface area contributed by atoms with Gasteiger partial charge in [-0.05, 0) is 42.9 Å². The van der Waals surface area contributed by atoms with Gasteiger partial charge in [0.25, 0.3) is 0 Å². The number of amides is 1. The summed E-state index contributed by atoms with van der Waals surface area (Å²) in [6, 6.07) is 7.32. The third-order valence-corrected chi connectivity index (χ3v) is 4.23. The van der Waals surface area contributed by atoms with Crippen LogP contribution in [0.2, 0.25) is 0 Å². The molecule has 9 heteroatoms. The minimum absolute atomic E-state index is 0.0494. The Hall–Kier alpha value is -3.49. The number of rotatable bonds is 5. The smallest absolute Gasteiger partial charge is 0.358 e. The van der Waals surface area contributed by atoms with E-state index < -0.39 is 4.92 Å². The molecule has 0 spiro atoms. The second-order valence-electron chi connectivity index (χ2n) is 6.51. The summed E-state index contributed by atoms with van der Waals surface area (Å²) in [5, 5.41) is 18.2. The molecular formula is C18H20N6O3. The van der Waals surface area contributed by atoms with Gasteiger partial charge in [0, 0.05) is 18.8 Å². The van der Waals surface area contributed by atoms with Gasteiger partial charge in [0.1, 0.15) is 6.20 Å². The summed E-state index contributed by atoms with van der Waals surface area (Å²) in [5.41, 5.74) is 4.30. The van der Waals surface area contributed by atoms with Crippen LogP contribution in [0.25, 0.3) is 5.65 Å². The number of hydrogen-bond acceptors (Lipinski definition) is 6. The van der Waals surface area contributed by atoms with E-state index in [1.165, 1.54) is 0 Å². The first-order valence-electron chi connectivity index (χ1n) is 8.34. The molecule has 1 amide bonds. The number of carbonyl (C=O) groups is 1. The van der Waals surface area contributed by atoms with Crippen molar-refractivity contribution in [1.29, 1.82) is 0 Å². The molecule has 3 rings (SSSR count). The Labute approximate surface area is 155 Å². The molecule has 0 fully saturated rings. The van der Waals surface area contributed by atoms with Gasteiger partial charge in [0.15, 0.2) is 5.82 Å². The van der Waals surface area contributed by atoms with Crippen LogP contribution in [0.15, 0.2) is 30.5 Å². The van der Waals surface area contributed by atoms with Crippen molar-refractivity contribution in [2.45, 2.75) is 20.8 Å². The normalized spacial score (nSPS) is 10.8. The van der Waals surface area contributed by atoms with Gasteiger partial charge < -0.3 is 20.3 Å². The molecule has 2 heterocycles. The molecule has 0 aliphatic carbocycles. The number of hydrogen-bond donors (Lipinski definition) is 1. The van der Waals surface area contributed by atoms with E-state index in [2.05, 4.69) is 15.4 Å². The first-order valence-corrected chi connectivity index (χ1v) is 8.34. The van der Waals surface area contributed by atoms with Crippen LogP contribution in [-0.2, 0) is 4.79 Å². The Morgan fingerprint density at radius 1 is 1.26 bits per heavy atom. The highest BCUT2D eigenvalue weighted by Gasteiger charge is 2.18. The van der Waals surface area contributed by atoms with Gasteiger partial charge in [0.2, 0.25) is 11.6 Å². The van der Waals surface area contributed by atoms with Gasteiger partial charge in [-0.15, -0.1) is 0 Å². The van der Waals surface area contributed by atoms with Crippen LogP contribution in [0.1, 0.15) is 16.7 Å². The number of benzene rings is 1. The van der Waals surface area contributed by atoms with Crippen molar-refractivity contribution in [3.8, 4) is 0 Å². The largest absolute Gasteiger partial charge is 0.368 e. The monoisotopic (exact) mass is 368 g/mol. The van der Waals surface area contributed by atoms with Gasteiger partial charge in [-0.25, -0.2) is 4.98 Å². The molecule has 0 unspecified atom stereocenters. The summed E-state index contributed by atoms with van der Waals surface area (Å²) in [6.45, 7) is 5.96. The molecule has 0 saturated carbocycles. The van der Waals surface area contributed by atoms with E-state index in [9.17, 15) is 14.9 Å². The zero-order chi connectivity index (χ0) is 19.7. The zero-order valence-corrected chi connectivity index (χ0v) is 15.6. The number of nitrogens with one attached hydrogen (secondary N) is 1. The average molecular weight is 368 g/mol. The number of anilines is 2. The zero-order valence-electron chi connectivity index (χ0n) is 15.6. The maximum absolute atomic E-state index is 12.5. The lowest BCUT2D eigenvalue weighted by atomic mass is 10.1. The molecule has 0 saturated heterocycles. The van der Waals surface area contributed by atoms with Gasteiger partial charge in [0.05, 0.1) is 6.54 Å². The number of aromatic nitrogens is 3. The molecule has 0 bridgehead atoms. The van der Waals surface area contributed by atoms with Crippen molar-refractivity contribution >= 4 is 28.9 Å². The average Bonchev–Trinajstić information content (AvgIpc) is 3.01. The van der Waals surface area contributed by atoms with E-state index in [0.29, 0.717) is 11.5 Å². The summed E-state index contributed by atoms with van der Waals surface area (Å²) < 4.78 is 1.15. The topological polar surface area (TPSA) is 106 Å². The number of likely N-dealkylation sites (N-methyl/N-ethyl adjacent to an activating group) is 1. The standard InChI is InChI=1S/C18H20N6O3/c1-11-7-12(2)18(13(3)8-11)20-16(25)10-22(4)15-6-5-14-19-9-17(24(26)27)23(14)21-15/h5-9H,10H2,1-4H3,(H,20,25). The van der Waals surface area contributed by atoms with Crippen LogP contribution in [0.5, 0.6) is 0 Å². The Morgan fingerprint density at radius 3 is 2.56 bits per heavy atom. The van der Waals surface area contributed by atoms with Crippen molar-refractivity contribution in [2.24, 2.45) is 0 Å². The van der Waals surface area contributed by atoms with Gasteiger partial charge in [-0.1, -0.05) is 27.3 Å². The van der Waals surface area contributed by atoms with E-state index in [4.69, 9.17) is 0 Å². The maximum atomic E-state index is 12.5. The number of nitro groups is 1. The van der Waals surface area contributed by atoms with E-state index in [0.717, 1.165) is 33.1 Å². The third kappa shape index (κ3) is 3.71. The second kappa shape index (κ2) is 7.02. The molecule has 140 valence electrons. The Morgan fingerprint density at radius 2 is 1.93 bits per heavy atom. The quantitative estimate of drug-likeness (QED) is 0.548. The van der Waals surface area contributed by atoms with E-state index in [-0.39, 0.29) is 18.3 Å². The van der Waals surface area contributed by atoms with Crippen LogP contribution in [-0.4, -0.2) is 39.0 Å². The van der Waals surface area contributed by atoms with Crippen molar-refractivity contribution in [1.82, 2.24) is 14.6 Å². The maximum Gasteiger partial charge on any atom is 0.368 e. The highest BCUT2D eigenvalue weighted by Crippen LogP contribution is 2.22. The molecule has 0 aliphatic heterocycles. The summed E-state index contributed by atoms with van der Waals surface area (Å²) >= 11 is 0. The third-order valence-electron chi connectivity index (χ3n) is 4.23. The van der Waals surface area contributed by atoms with Crippen LogP contribution in [0.4, 0.5) is 17.3 Å². The molecule has 27 heavy (non-hydrogen) atoms. The van der Waals surface area contributed by atoms with Gasteiger partial charge in [-0.3, -0.25) is 4.79 Å². The first kappa shape index (κ1) is 18.3. The van der Waals surface area contributed by atoms with Crippen LogP contribution >= 0.6 is 0 Å². The fraction of sp³-hybridized carbons (Fsp3) is 0.278. The lowest BCUT2D eigenvalue weighted by Crippen LogP contribution is -2.31. The minimum atomic E-state index is -0.549. The molecular weight excluding hydrogens is 348 g/mol. The SMILES string of the molecule is Cc1cc(C)c(NC(=O)CN(C)c2ccc3ncc([N+](=O)[O-])n3n2)c(C)c1. The predicted octanol–water partition coefficient (Wildman–Crippen LogP) is 2.64. The molecule has 1 N–H and O–H groups in total.